The number of benzene rings is 1. The molecule has 0 radical (unpaired) electrons. The number of hydrogen-bond donors (Lipinski definition) is 2. The third-order valence-electron chi connectivity index (χ3n) is 4.24. The Morgan fingerprint density at radius 2 is 2.04 bits per heavy atom. The van der Waals surface area contributed by atoms with Crippen molar-refractivity contribution in [2.45, 2.75) is 31.8 Å². The summed E-state index contributed by atoms with van der Waals surface area (Å²) < 4.78 is 2.05. The van der Waals surface area contributed by atoms with Crippen LogP contribution in [0.25, 0.3) is 11.0 Å². The number of anilines is 1. The van der Waals surface area contributed by atoms with Gasteiger partial charge in [-0.15, -0.1) is 0 Å². The highest BCUT2D eigenvalue weighted by Crippen LogP contribution is 2.26. The van der Waals surface area contributed by atoms with E-state index in [9.17, 15) is 9.59 Å². The first-order valence-corrected chi connectivity index (χ1v) is 8.02. The van der Waals surface area contributed by atoms with Crippen molar-refractivity contribution in [3.63, 3.8) is 0 Å². The molecule has 1 aliphatic carbocycles. The second-order valence-corrected chi connectivity index (χ2v) is 6.03. The number of carbonyl (C=O) groups is 2. The van der Waals surface area contributed by atoms with E-state index in [0.717, 1.165) is 30.4 Å². The third-order valence-corrected chi connectivity index (χ3v) is 4.24. The van der Waals surface area contributed by atoms with Gasteiger partial charge in [0, 0.05) is 32.1 Å². The highest BCUT2D eigenvalue weighted by Gasteiger charge is 2.28. The van der Waals surface area contributed by atoms with Crippen LogP contribution in [0.15, 0.2) is 24.3 Å². The maximum absolute atomic E-state index is 12.3. The van der Waals surface area contributed by atoms with E-state index in [1.54, 1.807) is 4.90 Å². The minimum Gasteiger partial charge on any atom is -0.353 e. The number of amides is 3. The van der Waals surface area contributed by atoms with Gasteiger partial charge in [-0.2, -0.15) is 0 Å². The molecule has 4 rings (SSSR count). The Labute approximate surface area is 133 Å². The lowest BCUT2D eigenvalue weighted by Crippen LogP contribution is -2.41. The Bertz CT molecular complexity index is 765. The largest absolute Gasteiger partial charge is 0.353 e. The number of hydrogen-bond acceptors (Lipinski definition) is 3. The van der Waals surface area contributed by atoms with Gasteiger partial charge in [-0.05, 0) is 25.0 Å². The molecule has 2 heterocycles. The monoisotopic (exact) mass is 313 g/mol. The zero-order valence-electron chi connectivity index (χ0n) is 12.8. The van der Waals surface area contributed by atoms with Crippen molar-refractivity contribution in [3.05, 3.63) is 24.3 Å². The van der Waals surface area contributed by atoms with Gasteiger partial charge in [0.05, 0.1) is 11.0 Å². The zero-order valence-corrected chi connectivity index (χ0v) is 12.8. The lowest BCUT2D eigenvalue weighted by molar-refractivity contribution is -0.121. The standard InChI is InChI=1S/C16H19N5O2/c22-14(18-11-5-6-11)7-8-17-16(23)21-10-9-20-13-4-2-1-3-12(13)19-15(20)21/h1-4,11H,5-10H2,(H,17,23)(H,18,22). The van der Waals surface area contributed by atoms with Crippen LogP contribution < -0.4 is 15.5 Å². The third kappa shape index (κ3) is 2.74. The predicted octanol–water partition coefficient (Wildman–Crippen LogP) is 1.23. The number of aromatic nitrogens is 2. The Morgan fingerprint density at radius 3 is 2.87 bits per heavy atom. The first kappa shape index (κ1) is 14.0. The zero-order chi connectivity index (χ0) is 15.8. The van der Waals surface area contributed by atoms with Crippen LogP contribution in [0.3, 0.4) is 0 Å². The molecule has 2 aliphatic rings. The molecule has 3 amide bonds. The normalized spacial score (nSPS) is 16.4. The molecule has 23 heavy (non-hydrogen) atoms. The van der Waals surface area contributed by atoms with Crippen LogP contribution in [0.1, 0.15) is 19.3 Å². The van der Waals surface area contributed by atoms with Gasteiger partial charge in [0.25, 0.3) is 0 Å². The fraction of sp³-hybridized carbons (Fsp3) is 0.438. The summed E-state index contributed by atoms with van der Waals surface area (Å²) in [5.41, 5.74) is 1.94. The maximum atomic E-state index is 12.3. The summed E-state index contributed by atoms with van der Waals surface area (Å²) in [7, 11) is 0. The number of imidazole rings is 1. The highest BCUT2D eigenvalue weighted by atomic mass is 16.2. The smallest absolute Gasteiger partial charge is 0.324 e. The van der Waals surface area contributed by atoms with Gasteiger partial charge < -0.3 is 15.2 Å². The molecule has 2 N–H and O–H groups in total. The summed E-state index contributed by atoms with van der Waals surface area (Å²) in [5.74, 6) is 0.674. The molecule has 1 aromatic carbocycles. The second kappa shape index (κ2) is 5.57. The second-order valence-electron chi connectivity index (χ2n) is 6.03. The summed E-state index contributed by atoms with van der Waals surface area (Å²) in [6.07, 6.45) is 2.46. The van der Waals surface area contributed by atoms with E-state index in [2.05, 4.69) is 20.2 Å². The van der Waals surface area contributed by atoms with E-state index in [4.69, 9.17) is 0 Å². The van der Waals surface area contributed by atoms with Crippen LogP contribution in [0.5, 0.6) is 0 Å². The van der Waals surface area contributed by atoms with Gasteiger partial charge in [-0.1, -0.05) is 12.1 Å². The van der Waals surface area contributed by atoms with Gasteiger partial charge in [0.2, 0.25) is 11.9 Å². The molecule has 1 aliphatic heterocycles. The number of rotatable bonds is 4. The van der Waals surface area contributed by atoms with Gasteiger partial charge in [0.15, 0.2) is 0 Å². The molecule has 120 valence electrons. The Hall–Kier alpha value is -2.57. The summed E-state index contributed by atoms with van der Waals surface area (Å²) in [6.45, 7) is 1.69. The molecule has 0 unspecified atom stereocenters. The number of carbonyl (C=O) groups excluding carboxylic acids is 2. The number of nitrogens with zero attached hydrogens (tertiary/aromatic N) is 3. The van der Waals surface area contributed by atoms with Gasteiger partial charge >= 0.3 is 6.03 Å². The van der Waals surface area contributed by atoms with E-state index in [1.807, 2.05) is 24.3 Å². The molecular weight excluding hydrogens is 294 g/mol. The molecular formula is C16H19N5O2. The van der Waals surface area contributed by atoms with Crippen molar-refractivity contribution in [3.8, 4) is 0 Å². The minimum atomic E-state index is -0.196. The van der Waals surface area contributed by atoms with Gasteiger partial charge in [0.1, 0.15) is 0 Å². The Kier molecular flexibility index (Phi) is 3.40. The van der Waals surface area contributed by atoms with Crippen LogP contribution in [0, 0.1) is 0 Å². The molecule has 0 atom stereocenters. The van der Waals surface area contributed by atoms with Gasteiger partial charge in [-0.25, -0.2) is 9.78 Å². The maximum Gasteiger partial charge on any atom is 0.324 e. The molecule has 2 aromatic rings. The Balaban J connectivity index is 1.37. The van der Waals surface area contributed by atoms with E-state index in [1.165, 1.54) is 0 Å². The van der Waals surface area contributed by atoms with E-state index in [0.29, 0.717) is 31.5 Å². The van der Waals surface area contributed by atoms with E-state index in [-0.39, 0.29) is 11.9 Å². The van der Waals surface area contributed by atoms with Crippen LogP contribution >= 0.6 is 0 Å². The van der Waals surface area contributed by atoms with Crippen LogP contribution in [0.4, 0.5) is 10.7 Å². The molecule has 0 bridgehead atoms. The van der Waals surface area contributed by atoms with Crippen molar-refractivity contribution in [2.75, 3.05) is 18.0 Å². The summed E-state index contributed by atoms with van der Waals surface area (Å²) in [5, 5.41) is 5.72. The van der Waals surface area contributed by atoms with Crippen LogP contribution in [-0.2, 0) is 11.3 Å². The van der Waals surface area contributed by atoms with Crippen LogP contribution in [-0.4, -0.2) is 40.6 Å². The molecule has 1 fully saturated rings. The molecule has 7 nitrogen and oxygen atoms in total. The SMILES string of the molecule is O=C(CCNC(=O)N1CCn2c1nc1ccccc12)NC1CC1. The Morgan fingerprint density at radius 1 is 1.22 bits per heavy atom. The topological polar surface area (TPSA) is 79.3 Å². The lowest BCUT2D eigenvalue weighted by atomic mass is 10.3. The number of urea groups is 1. The van der Waals surface area contributed by atoms with Crippen molar-refractivity contribution in [2.24, 2.45) is 0 Å². The van der Waals surface area contributed by atoms with E-state index < -0.39 is 0 Å². The molecule has 1 aromatic heterocycles. The van der Waals surface area contributed by atoms with Gasteiger partial charge in [-0.3, -0.25) is 9.69 Å². The number of fused-ring (bicyclic) bond motifs is 3. The fourth-order valence-electron chi connectivity index (χ4n) is 2.89. The summed E-state index contributed by atoms with van der Waals surface area (Å²) in [4.78, 5) is 30.1. The van der Waals surface area contributed by atoms with Crippen molar-refractivity contribution < 1.29 is 9.59 Å². The van der Waals surface area contributed by atoms with Crippen LogP contribution in [0.2, 0.25) is 0 Å². The summed E-state index contributed by atoms with van der Waals surface area (Å²) in [6, 6.07) is 8.02. The molecule has 1 saturated carbocycles. The summed E-state index contributed by atoms with van der Waals surface area (Å²) >= 11 is 0. The minimum absolute atomic E-state index is 0.00135. The molecule has 0 saturated heterocycles. The van der Waals surface area contributed by atoms with Crippen molar-refractivity contribution >= 4 is 28.9 Å². The quantitative estimate of drug-likeness (QED) is 0.891. The van der Waals surface area contributed by atoms with E-state index >= 15 is 0 Å². The molecule has 0 spiro atoms. The average molecular weight is 313 g/mol. The predicted molar refractivity (Wildman–Crippen MR) is 86.3 cm³/mol. The molecule has 7 heteroatoms. The van der Waals surface area contributed by atoms with Crippen molar-refractivity contribution in [1.82, 2.24) is 20.2 Å². The first-order valence-electron chi connectivity index (χ1n) is 8.02. The fourth-order valence-corrected chi connectivity index (χ4v) is 2.89. The number of nitrogens with one attached hydrogen (secondary N) is 2. The first-order chi connectivity index (χ1) is 11.2. The van der Waals surface area contributed by atoms with Crippen molar-refractivity contribution in [1.29, 1.82) is 0 Å². The number of para-hydroxylation sites is 2. The lowest BCUT2D eigenvalue weighted by Gasteiger charge is -2.14. The average Bonchev–Trinajstić information content (AvgIpc) is 3.13. The highest BCUT2D eigenvalue weighted by molar-refractivity contribution is 5.94.